The Morgan fingerprint density at radius 1 is 1.31 bits per heavy atom. The Bertz CT molecular complexity index is 1070. The highest BCUT2D eigenvalue weighted by atomic mass is 35.5. The molecule has 0 bridgehead atoms. The van der Waals surface area contributed by atoms with Crippen molar-refractivity contribution in [2.75, 3.05) is 18.6 Å². The predicted molar refractivity (Wildman–Crippen MR) is 117 cm³/mol. The van der Waals surface area contributed by atoms with E-state index in [0.29, 0.717) is 29.0 Å². The Morgan fingerprint density at radius 2 is 2.03 bits per heavy atom. The van der Waals surface area contributed by atoms with E-state index < -0.39 is 9.84 Å². The number of carbonyl (C=O) groups is 1. The van der Waals surface area contributed by atoms with Gasteiger partial charge in [-0.3, -0.25) is 9.69 Å². The van der Waals surface area contributed by atoms with Crippen LogP contribution in [0.1, 0.15) is 24.2 Å². The zero-order chi connectivity index (χ0) is 21.2. The number of rotatable bonds is 5. The van der Waals surface area contributed by atoms with Crippen LogP contribution in [0.5, 0.6) is 5.75 Å². The molecule has 29 heavy (non-hydrogen) atoms. The fourth-order valence-corrected chi connectivity index (χ4v) is 4.81. The summed E-state index contributed by atoms with van der Waals surface area (Å²) in [6.07, 6.45) is 1.09. The van der Waals surface area contributed by atoms with Crippen LogP contribution in [-0.4, -0.2) is 49.0 Å². The van der Waals surface area contributed by atoms with Crippen LogP contribution < -0.4 is 4.74 Å². The topological polar surface area (TPSA) is 76.0 Å². The summed E-state index contributed by atoms with van der Waals surface area (Å²) in [6.45, 7) is 4.31. The molecule has 3 rings (SSSR count). The number of thioether (sulfide) groups is 1. The third-order valence-corrected chi connectivity index (χ3v) is 6.93. The van der Waals surface area contributed by atoms with Crippen LogP contribution in [-0.2, 0) is 9.84 Å². The number of amides is 1. The second kappa shape index (κ2) is 8.77. The van der Waals surface area contributed by atoms with Crippen molar-refractivity contribution < 1.29 is 17.9 Å². The van der Waals surface area contributed by atoms with E-state index in [1.165, 1.54) is 30.0 Å². The molecule has 2 aromatic rings. The zero-order valence-corrected chi connectivity index (χ0v) is 18.6. The molecular formula is C20H21ClN2O4S2. The summed E-state index contributed by atoms with van der Waals surface area (Å²) in [4.78, 5) is 19.5. The summed E-state index contributed by atoms with van der Waals surface area (Å²) in [5, 5.41) is 0.719. The summed E-state index contributed by atoms with van der Waals surface area (Å²) >= 11 is 7.69. The lowest BCUT2D eigenvalue weighted by Gasteiger charge is -2.22. The van der Waals surface area contributed by atoms with Gasteiger partial charge in [0, 0.05) is 18.1 Å². The predicted octanol–water partition coefficient (Wildman–Crippen LogP) is 4.41. The first-order chi connectivity index (χ1) is 13.7. The third-order valence-electron chi connectivity index (χ3n) is 4.30. The van der Waals surface area contributed by atoms with Crippen LogP contribution in [0.3, 0.4) is 0 Å². The van der Waals surface area contributed by atoms with Gasteiger partial charge in [-0.15, -0.1) is 0 Å². The van der Waals surface area contributed by atoms with Crippen molar-refractivity contribution in [3.8, 4) is 5.75 Å². The number of carbonyl (C=O) groups excluding carboxylic acids is 1. The van der Waals surface area contributed by atoms with Crippen LogP contribution in [0.15, 0.2) is 52.4 Å². The number of amidine groups is 1. The maximum absolute atomic E-state index is 13.3. The summed E-state index contributed by atoms with van der Waals surface area (Å²) in [5.41, 5.74) is 0.759. The molecule has 2 aromatic carbocycles. The standard InChI is InChI=1S/C20H21ClN2O4S2/c1-4-27-18-8-6-5-7-17(18)22-20-23(13(2)12-28-20)19(24)15-11-14(29(3,25)26)9-10-16(15)21/h5-11,13H,4,12H2,1-3H3. The Balaban J connectivity index is 2.02. The van der Waals surface area contributed by atoms with Crippen molar-refractivity contribution in [3.63, 3.8) is 0 Å². The molecule has 154 valence electrons. The van der Waals surface area contributed by atoms with Gasteiger partial charge in [0.05, 0.1) is 22.1 Å². The lowest BCUT2D eigenvalue weighted by atomic mass is 10.2. The number of halogens is 1. The van der Waals surface area contributed by atoms with Gasteiger partial charge in [0.25, 0.3) is 5.91 Å². The van der Waals surface area contributed by atoms with Crippen molar-refractivity contribution in [2.24, 2.45) is 4.99 Å². The number of benzene rings is 2. The van der Waals surface area contributed by atoms with Gasteiger partial charge in [0.1, 0.15) is 11.4 Å². The minimum absolute atomic E-state index is 0.0462. The molecule has 0 N–H and O–H groups in total. The smallest absolute Gasteiger partial charge is 0.261 e. The lowest BCUT2D eigenvalue weighted by molar-refractivity contribution is 0.0828. The molecule has 1 heterocycles. The van der Waals surface area contributed by atoms with Gasteiger partial charge in [0.2, 0.25) is 0 Å². The highest BCUT2D eigenvalue weighted by Crippen LogP contribution is 2.34. The summed E-state index contributed by atoms with van der Waals surface area (Å²) in [5.74, 6) is 0.919. The summed E-state index contributed by atoms with van der Waals surface area (Å²) < 4.78 is 29.4. The Labute approximate surface area is 179 Å². The fourth-order valence-electron chi connectivity index (χ4n) is 2.86. The second-order valence-electron chi connectivity index (χ2n) is 6.54. The van der Waals surface area contributed by atoms with Gasteiger partial charge < -0.3 is 4.74 Å². The molecule has 0 aliphatic carbocycles. The third kappa shape index (κ3) is 4.76. The number of nitrogens with zero attached hydrogens (tertiary/aromatic N) is 2. The van der Waals surface area contributed by atoms with Gasteiger partial charge in [-0.1, -0.05) is 35.5 Å². The highest BCUT2D eigenvalue weighted by Gasteiger charge is 2.34. The van der Waals surface area contributed by atoms with Crippen LogP contribution >= 0.6 is 23.4 Å². The number of aliphatic imine (C=N–C) groups is 1. The largest absolute Gasteiger partial charge is 0.492 e. The van der Waals surface area contributed by atoms with Gasteiger partial charge >= 0.3 is 0 Å². The van der Waals surface area contributed by atoms with E-state index in [2.05, 4.69) is 4.99 Å². The van der Waals surface area contributed by atoms with Crippen molar-refractivity contribution >= 4 is 50.0 Å². The molecular weight excluding hydrogens is 432 g/mol. The van der Waals surface area contributed by atoms with E-state index in [1.807, 2.05) is 38.1 Å². The Hall–Kier alpha value is -2.03. The highest BCUT2D eigenvalue weighted by molar-refractivity contribution is 8.14. The molecule has 6 nitrogen and oxygen atoms in total. The molecule has 1 saturated heterocycles. The molecule has 1 fully saturated rings. The SMILES string of the molecule is CCOc1ccccc1N=C1SCC(C)N1C(=O)c1cc(S(C)(=O)=O)ccc1Cl. The van der Waals surface area contributed by atoms with E-state index in [1.54, 1.807) is 4.90 Å². The number of ether oxygens (including phenoxy) is 1. The molecule has 1 atom stereocenters. The molecule has 0 saturated carbocycles. The molecule has 1 aliphatic rings. The first-order valence-electron chi connectivity index (χ1n) is 8.99. The van der Waals surface area contributed by atoms with Crippen LogP contribution in [0.2, 0.25) is 5.02 Å². The van der Waals surface area contributed by atoms with E-state index in [-0.39, 0.29) is 27.4 Å². The second-order valence-corrected chi connectivity index (χ2v) is 9.95. The number of sulfone groups is 1. The molecule has 1 amide bonds. The van der Waals surface area contributed by atoms with Crippen molar-refractivity contribution in [3.05, 3.63) is 53.1 Å². The quantitative estimate of drug-likeness (QED) is 0.671. The zero-order valence-electron chi connectivity index (χ0n) is 16.3. The minimum Gasteiger partial charge on any atom is -0.492 e. The molecule has 1 unspecified atom stereocenters. The number of hydrogen-bond acceptors (Lipinski definition) is 6. The Kier molecular flexibility index (Phi) is 6.55. The number of hydrogen-bond donors (Lipinski definition) is 0. The van der Waals surface area contributed by atoms with Gasteiger partial charge in [-0.2, -0.15) is 0 Å². The normalized spacial score (nSPS) is 18.3. The first-order valence-corrected chi connectivity index (χ1v) is 12.2. The van der Waals surface area contributed by atoms with Gasteiger partial charge in [-0.25, -0.2) is 13.4 Å². The monoisotopic (exact) mass is 452 g/mol. The molecule has 0 radical (unpaired) electrons. The van der Waals surface area contributed by atoms with Crippen molar-refractivity contribution in [2.45, 2.75) is 24.8 Å². The first kappa shape index (κ1) is 21.7. The van der Waals surface area contributed by atoms with Crippen LogP contribution in [0.25, 0.3) is 0 Å². The van der Waals surface area contributed by atoms with Crippen molar-refractivity contribution in [1.29, 1.82) is 0 Å². The van der Waals surface area contributed by atoms with E-state index in [4.69, 9.17) is 16.3 Å². The van der Waals surface area contributed by atoms with Crippen LogP contribution in [0, 0.1) is 0 Å². The van der Waals surface area contributed by atoms with Gasteiger partial charge in [-0.05, 0) is 44.2 Å². The number of para-hydroxylation sites is 2. The fraction of sp³-hybridized carbons (Fsp3) is 0.300. The average molecular weight is 453 g/mol. The van der Waals surface area contributed by atoms with E-state index in [9.17, 15) is 13.2 Å². The maximum atomic E-state index is 13.3. The van der Waals surface area contributed by atoms with Crippen molar-refractivity contribution in [1.82, 2.24) is 4.90 Å². The molecule has 9 heteroatoms. The average Bonchev–Trinajstić information content (AvgIpc) is 3.02. The minimum atomic E-state index is -3.47. The van der Waals surface area contributed by atoms with E-state index >= 15 is 0 Å². The molecule has 1 aliphatic heterocycles. The van der Waals surface area contributed by atoms with Gasteiger partial charge in [0.15, 0.2) is 15.0 Å². The summed E-state index contributed by atoms with van der Waals surface area (Å²) in [7, 11) is -3.47. The molecule has 0 spiro atoms. The molecule has 0 aromatic heterocycles. The summed E-state index contributed by atoms with van der Waals surface area (Å²) in [6, 6.07) is 11.4. The van der Waals surface area contributed by atoms with E-state index in [0.717, 1.165) is 6.26 Å². The maximum Gasteiger partial charge on any atom is 0.261 e. The lowest BCUT2D eigenvalue weighted by Crippen LogP contribution is -2.37. The van der Waals surface area contributed by atoms with Crippen LogP contribution in [0.4, 0.5) is 5.69 Å². The Morgan fingerprint density at radius 3 is 2.72 bits per heavy atom.